The van der Waals surface area contributed by atoms with Crippen molar-refractivity contribution in [3.8, 4) is 0 Å². The van der Waals surface area contributed by atoms with Crippen LogP contribution in [0.5, 0.6) is 0 Å². The van der Waals surface area contributed by atoms with Crippen molar-refractivity contribution >= 4 is 16.7 Å². The fourth-order valence-electron chi connectivity index (χ4n) is 2.40. The van der Waals surface area contributed by atoms with E-state index in [2.05, 4.69) is 48.5 Å². The molecular weight excluding hydrogens is 238 g/mol. The summed E-state index contributed by atoms with van der Waals surface area (Å²) in [5.41, 5.74) is 2.71. The molecular formula is C15H19N3O. The summed E-state index contributed by atoms with van der Waals surface area (Å²) >= 11 is 0. The zero-order valence-electron chi connectivity index (χ0n) is 11.8. The van der Waals surface area contributed by atoms with Gasteiger partial charge in [-0.05, 0) is 19.1 Å². The van der Waals surface area contributed by atoms with Gasteiger partial charge in [-0.15, -0.1) is 0 Å². The molecule has 0 aliphatic carbocycles. The molecule has 0 amide bonds. The van der Waals surface area contributed by atoms with E-state index in [1.54, 1.807) is 0 Å². The van der Waals surface area contributed by atoms with Gasteiger partial charge in [0.05, 0.1) is 29.5 Å². The maximum Gasteiger partial charge on any atom is 0.217 e. The monoisotopic (exact) mass is 257 g/mol. The summed E-state index contributed by atoms with van der Waals surface area (Å²) in [4.78, 5) is 10.2. The minimum atomic E-state index is -0.473. The number of fused-ring (bicyclic) bond motifs is 1. The first kappa shape index (κ1) is 12.2. The van der Waals surface area contributed by atoms with Gasteiger partial charge in [0.1, 0.15) is 0 Å². The Morgan fingerprint density at radius 2 is 2.00 bits per heavy atom. The van der Waals surface area contributed by atoms with Crippen LogP contribution in [-0.4, -0.2) is 15.3 Å². The highest BCUT2D eigenvalue weighted by Crippen LogP contribution is 2.36. The molecule has 0 spiro atoms. The van der Waals surface area contributed by atoms with Gasteiger partial charge in [-0.3, -0.25) is 4.57 Å². The van der Waals surface area contributed by atoms with Gasteiger partial charge in [0.2, 0.25) is 5.72 Å². The molecule has 19 heavy (non-hydrogen) atoms. The van der Waals surface area contributed by atoms with Crippen molar-refractivity contribution in [3.63, 3.8) is 0 Å². The van der Waals surface area contributed by atoms with Gasteiger partial charge < -0.3 is 4.84 Å². The van der Waals surface area contributed by atoms with Crippen molar-refractivity contribution < 1.29 is 4.84 Å². The van der Waals surface area contributed by atoms with Crippen LogP contribution in [0, 0.1) is 5.41 Å². The summed E-state index contributed by atoms with van der Waals surface area (Å²) in [5, 5.41) is 4.29. The minimum absolute atomic E-state index is 0.0359. The molecule has 1 aliphatic rings. The van der Waals surface area contributed by atoms with Crippen LogP contribution in [0.1, 0.15) is 34.1 Å². The molecule has 1 atom stereocenters. The van der Waals surface area contributed by atoms with Crippen LogP contribution >= 0.6 is 0 Å². The van der Waals surface area contributed by atoms with Gasteiger partial charge in [0.15, 0.2) is 0 Å². The SMILES string of the molecule is CC(C)(C)C1=NOC(C)(n2cnc3ccccc32)C1. The van der Waals surface area contributed by atoms with E-state index >= 15 is 0 Å². The number of imidazole rings is 1. The first-order valence-electron chi connectivity index (χ1n) is 6.58. The zero-order valence-corrected chi connectivity index (χ0v) is 11.8. The van der Waals surface area contributed by atoms with Crippen molar-refractivity contribution in [2.45, 2.75) is 39.8 Å². The van der Waals surface area contributed by atoms with Crippen molar-refractivity contribution in [2.24, 2.45) is 10.6 Å². The number of nitrogens with zero attached hydrogens (tertiary/aromatic N) is 3. The fourth-order valence-corrected chi connectivity index (χ4v) is 2.40. The molecule has 0 saturated heterocycles. The van der Waals surface area contributed by atoms with Crippen LogP contribution in [0.15, 0.2) is 35.7 Å². The Kier molecular flexibility index (Phi) is 2.46. The third-order valence-corrected chi connectivity index (χ3v) is 3.68. The molecule has 1 unspecified atom stereocenters. The molecule has 0 fully saturated rings. The molecule has 1 aromatic carbocycles. The Labute approximate surface area is 113 Å². The lowest BCUT2D eigenvalue weighted by atomic mass is 9.86. The van der Waals surface area contributed by atoms with Crippen LogP contribution < -0.4 is 0 Å². The van der Waals surface area contributed by atoms with Crippen molar-refractivity contribution in [1.29, 1.82) is 0 Å². The highest BCUT2D eigenvalue weighted by molar-refractivity contribution is 5.90. The largest absolute Gasteiger partial charge is 0.367 e. The van der Waals surface area contributed by atoms with E-state index < -0.39 is 5.72 Å². The van der Waals surface area contributed by atoms with Gasteiger partial charge in [0.25, 0.3) is 0 Å². The van der Waals surface area contributed by atoms with E-state index in [4.69, 9.17) is 4.84 Å². The third-order valence-electron chi connectivity index (χ3n) is 3.68. The van der Waals surface area contributed by atoms with E-state index in [0.717, 1.165) is 23.2 Å². The molecule has 0 radical (unpaired) electrons. The molecule has 100 valence electrons. The molecule has 2 heterocycles. The standard InChI is InChI=1S/C15H19N3O/c1-14(2,3)13-9-15(4,19-17-13)18-10-16-11-7-5-6-8-12(11)18/h5-8,10H,9H2,1-4H3. The second kappa shape index (κ2) is 3.83. The quantitative estimate of drug-likeness (QED) is 0.784. The Balaban J connectivity index is 2.00. The number of hydrogen-bond donors (Lipinski definition) is 0. The van der Waals surface area contributed by atoms with Crippen molar-refractivity contribution in [2.75, 3.05) is 0 Å². The number of benzene rings is 1. The summed E-state index contributed by atoms with van der Waals surface area (Å²) in [6.45, 7) is 8.54. The van der Waals surface area contributed by atoms with Gasteiger partial charge in [-0.2, -0.15) is 0 Å². The zero-order chi connectivity index (χ0) is 13.7. The molecule has 1 aliphatic heterocycles. The number of hydrogen-bond acceptors (Lipinski definition) is 3. The molecule has 2 aromatic rings. The smallest absolute Gasteiger partial charge is 0.217 e. The lowest BCUT2D eigenvalue weighted by molar-refractivity contribution is -0.0643. The highest BCUT2D eigenvalue weighted by Gasteiger charge is 2.40. The maximum atomic E-state index is 5.74. The topological polar surface area (TPSA) is 39.4 Å². The maximum absolute atomic E-state index is 5.74. The van der Waals surface area contributed by atoms with Crippen molar-refractivity contribution in [3.05, 3.63) is 30.6 Å². The average molecular weight is 257 g/mol. The van der Waals surface area contributed by atoms with Gasteiger partial charge in [0, 0.05) is 5.41 Å². The molecule has 4 heteroatoms. The predicted octanol–water partition coefficient (Wildman–Crippen LogP) is 3.53. The molecule has 0 N–H and O–H groups in total. The minimum Gasteiger partial charge on any atom is -0.367 e. The first-order valence-corrected chi connectivity index (χ1v) is 6.58. The van der Waals surface area contributed by atoms with Crippen molar-refractivity contribution in [1.82, 2.24) is 9.55 Å². The Hall–Kier alpha value is -1.84. The summed E-state index contributed by atoms with van der Waals surface area (Å²) in [7, 11) is 0. The van der Waals surface area contributed by atoms with Crippen LogP contribution in [0.4, 0.5) is 0 Å². The van der Waals surface area contributed by atoms with E-state index in [1.165, 1.54) is 0 Å². The number of aromatic nitrogens is 2. The second-order valence-electron chi connectivity index (χ2n) is 6.33. The fraction of sp³-hybridized carbons (Fsp3) is 0.467. The summed E-state index contributed by atoms with van der Waals surface area (Å²) < 4.78 is 2.07. The Morgan fingerprint density at radius 3 is 2.68 bits per heavy atom. The molecule has 3 rings (SSSR count). The van der Waals surface area contributed by atoms with Gasteiger partial charge in [-0.25, -0.2) is 4.98 Å². The number of para-hydroxylation sites is 2. The third kappa shape index (κ3) is 1.91. The number of rotatable bonds is 1. The Morgan fingerprint density at radius 1 is 1.26 bits per heavy atom. The van der Waals surface area contributed by atoms with E-state index in [9.17, 15) is 0 Å². The highest BCUT2D eigenvalue weighted by atomic mass is 16.7. The normalized spacial score (nSPS) is 23.5. The van der Waals surface area contributed by atoms with E-state index in [1.807, 2.05) is 24.5 Å². The predicted molar refractivity (Wildman–Crippen MR) is 76.0 cm³/mol. The van der Waals surface area contributed by atoms with Crippen LogP contribution in [0.3, 0.4) is 0 Å². The van der Waals surface area contributed by atoms with Crippen LogP contribution in [0.2, 0.25) is 0 Å². The summed E-state index contributed by atoms with van der Waals surface area (Å²) in [5.74, 6) is 0. The van der Waals surface area contributed by atoms with Crippen LogP contribution in [-0.2, 0) is 10.6 Å². The molecule has 0 saturated carbocycles. The molecule has 4 nitrogen and oxygen atoms in total. The van der Waals surface area contributed by atoms with E-state index in [-0.39, 0.29) is 5.41 Å². The van der Waals surface area contributed by atoms with Gasteiger partial charge in [-0.1, -0.05) is 38.1 Å². The first-order chi connectivity index (χ1) is 8.90. The summed E-state index contributed by atoms with van der Waals surface area (Å²) in [6, 6.07) is 8.08. The van der Waals surface area contributed by atoms with Crippen LogP contribution in [0.25, 0.3) is 11.0 Å². The van der Waals surface area contributed by atoms with E-state index in [0.29, 0.717) is 0 Å². The molecule has 0 bridgehead atoms. The molecule has 1 aromatic heterocycles. The van der Waals surface area contributed by atoms with Gasteiger partial charge >= 0.3 is 0 Å². The lowest BCUT2D eigenvalue weighted by Gasteiger charge is -2.25. The summed E-state index contributed by atoms with van der Waals surface area (Å²) in [6.07, 6.45) is 2.63. The number of oxime groups is 1. The second-order valence-corrected chi connectivity index (χ2v) is 6.33. The Bertz CT molecular complexity index is 651. The lowest BCUT2D eigenvalue weighted by Crippen LogP contribution is -2.31. The average Bonchev–Trinajstić information content (AvgIpc) is 2.92.